The maximum atomic E-state index is 11.3. The van der Waals surface area contributed by atoms with E-state index >= 15 is 0 Å². The molecule has 0 spiro atoms. The van der Waals surface area contributed by atoms with Gasteiger partial charge in [0.25, 0.3) is 0 Å². The number of hydrogen-bond acceptors (Lipinski definition) is 3. The Balaban J connectivity index is 2.99. The molecule has 4 N–H and O–H groups in total. The van der Waals surface area contributed by atoms with E-state index in [1.165, 1.54) is 5.56 Å². The van der Waals surface area contributed by atoms with Crippen molar-refractivity contribution in [3.63, 3.8) is 0 Å². The Morgan fingerprint density at radius 1 is 1.30 bits per heavy atom. The number of amides is 1. The van der Waals surface area contributed by atoms with Crippen LogP contribution < -0.4 is 11.5 Å². The minimum atomic E-state index is -0.307. The van der Waals surface area contributed by atoms with E-state index in [4.69, 9.17) is 11.5 Å². The smallest absolute Gasteiger partial charge is 0.231 e. The van der Waals surface area contributed by atoms with E-state index in [2.05, 4.69) is 43.0 Å². The van der Waals surface area contributed by atoms with Crippen molar-refractivity contribution in [1.82, 2.24) is 4.90 Å². The fourth-order valence-electron chi connectivity index (χ4n) is 2.49. The third-order valence-electron chi connectivity index (χ3n) is 3.47. The van der Waals surface area contributed by atoms with Crippen molar-refractivity contribution >= 4 is 5.91 Å². The number of carbonyl (C=O) groups excluding carboxylic acids is 1. The fraction of sp³-hybridized carbons (Fsp3) is 0.562. The van der Waals surface area contributed by atoms with Crippen LogP contribution in [0.15, 0.2) is 24.3 Å². The summed E-state index contributed by atoms with van der Waals surface area (Å²) in [7, 11) is 0. The van der Waals surface area contributed by atoms with Crippen LogP contribution in [0.2, 0.25) is 0 Å². The van der Waals surface area contributed by atoms with Crippen molar-refractivity contribution in [1.29, 1.82) is 0 Å². The average molecular weight is 277 g/mol. The summed E-state index contributed by atoms with van der Waals surface area (Å²) in [6.07, 6.45) is 2.11. The third kappa shape index (κ3) is 4.94. The molecule has 2 unspecified atom stereocenters. The third-order valence-corrected chi connectivity index (χ3v) is 3.47. The molecule has 4 nitrogen and oxygen atoms in total. The van der Waals surface area contributed by atoms with Crippen molar-refractivity contribution in [2.75, 3.05) is 13.1 Å². The first-order valence-corrected chi connectivity index (χ1v) is 7.30. The van der Waals surface area contributed by atoms with Gasteiger partial charge in [0.05, 0.1) is 12.6 Å². The van der Waals surface area contributed by atoms with Gasteiger partial charge in [0.2, 0.25) is 5.91 Å². The van der Waals surface area contributed by atoms with Crippen molar-refractivity contribution in [2.45, 2.75) is 45.7 Å². The highest BCUT2D eigenvalue weighted by Crippen LogP contribution is 2.24. The summed E-state index contributed by atoms with van der Waals surface area (Å²) in [6.45, 7) is 7.25. The summed E-state index contributed by atoms with van der Waals surface area (Å²) in [5, 5.41) is 0. The Morgan fingerprint density at radius 3 is 2.35 bits per heavy atom. The van der Waals surface area contributed by atoms with E-state index in [1.807, 2.05) is 6.92 Å². The molecule has 0 saturated carbocycles. The predicted molar refractivity (Wildman–Crippen MR) is 83.2 cm³/mol. The van der Waals surface area contributed by atoms with Crippen molar-refractivity contribution < 1.29 is 4.79 Å². The minimum Gasteiger partial charge on any atom is -0.369 e. The fourth-order valence-corrected chi connectivity index (χ4v) is 2.49. The van der Waals surface area contributed by atoms with Gasteiger partial charge in [-0.25, -0.2) is 0 Å². The zero-order chi connectivity index (χ0) is 15.1. The number of nitrogens with two attached hydrogens (primary N) is 2. The highest BCUT2D eigenvalue weighted by atomic mass is 16.1. The molecule has 0 aliphatic carbocycles. The van der Waals surface area contributed by atoms with Gasteiger partial charge in [-0.05, 0) is 32.4 Å². The van der Waals surface area contributed by atoms with Gasteiger partial charge in [0.15, 0.2) is 0 Å². The molecular weight excluding hydrogens is 250 g/mol. The van der Waals surface area contributed by atoms with Crippen LogP contribution >= 0.6 is 0 Å². The summed E-state index contributed by atoms with van der Waals surface area (Å²) >= 11 is 0. The standard InChI is InChI=1S/C16H27N3O/c1-4-5-10-19(11-15(18)20)16(13(3)17)14-8-6-12(2)7-9-14/h6-9,13,16H,4-5,10-11,17H2,1-3H3,(H2,18,20). The van der Waals surface area contributed by atoms with Gasteiger partial charge in [-0.3, -0.25) is 9.69 Å². The van der Waals surface area contributed by atoms with Crippen LogP contribution in [0, 0.1) is 6.92 Å². The second-order valence-corrected chi connectivity index (χ2v) is 5.50. The van der Waals surface area contributed by atoms with Crippen molar-refractivity contribution in [3.8, 4) is 0 Å². The van der Waals surface area contributed by atoms with Crippen LogP contribution in [-0.4, -0.2) is 29.9 Å². The first kappa shape index (κ1) is 16.7. The zero-order valence-electron chi connectivity index (χ0n) is 12.8. The molecule has 0 saturated heterocycles. The van der Waals surface area contributed by atoms with E-state index in [0.717, 1.165) is 24.9 Å². The van der Waals surface area contributed by atoms with E-state index in [9.17, 15) is 4.79 Å². The van der Waals surface area contributed by atoms with Gasteiger partial charge in [0, 0.05) is 6.04 Å². The maximum Gasteiger partial charge on any atom is 0.231 e. The molecule has 4 heteroatoms. The zero-order valence-corrected chi connectivity index (χ0v) is 12.8. The monoisotopic (exact) mass is 277 g/mol. The number of primary amides is 1. The molecular formula is C16H27N3O. The van der Waals surface area contributed by atoms with Crippen LogP contribution in [0.4, 0.5) is 0 Å². The number of benzene rings is 1. The molecule has 0 heterocycles. The Morgan fingerprint density at radius 2 is 1.90 bits per heavy atom. The molecule has 1 aromatic carbocycles. The molecule has 20 heavy (non-hydrogen) atoms. The van der Waals surface area contributed by atoms with Crippen LogP contribution in [0.5, 0.6) is 0 Å². The number of rotatable bonds is 8. The first-order chi connectivity index (χ1) is 9.45. The van der Waals surface area contributed by atoms with Gasteiger partial charge in [0.1, 0.15) is 0 Å². The van der Waals surface area contributed by atoms with E-state index in [-0.39, 0.29) is 24.5 Å². The van der Waals surface area contributed by atoms with Crippen molar-refractivity contribution in [3.05, 3.63) is 35.4 Å². The van der Waals surface area contributed by atoms with Crippen LogP contribution in [0.1, 0.15) is 43.9 Å². The van der Waals surface area contributed by atoms with E-state index in [1.54, 1.807) is 0 Å². The SMILES string of the molecule is CCCCN(CC(N)=O)C(c1ccc(C)cc1)C(C)N. The largest absolute Gasteiger partial charge is 0.369 e. The Labute approximate surface area is 122 Å². The molecule has 0 aliphatic heterocycles. The Kier molecular flexibility index (Phi) is 6.68. The van der Waals surface area contributed by atoms with Gasteiger partial charge in [-0.2, -0.15) is 0 Å². The lowest BCUT2D eigenvalue weighted by atomic mass is 9.97. The van der Waals surface area contributed by atoms with Crippen molar-refractivity contribution in [2.24, 2.45) is 11.5 Å². The Bertz CT molecular complexity index is 414. The lowest BCUT2D eigenvalue weighted by Gasteiger charge is -2.34. The number of hydrogen-bond donors (Lipinski definition) is 2. The highest BCUT2D eigenvalue weighted by molar-refractivity contribution is 5.76. The lowest BCUT2D eigenvalue weighted by Crippen LogP contribution is -2.44. The first-order valence-electron chi connectivity index (χ1n) is 7.30. The number of unbranched alkanes of at least 4 members (excludes halogenated alkanes) is 1. The summed E-state index contributed by atoms with van der Waals surface area (Å²) in [5.74, 6) is -0.307. The average Bonchev–Trinajstić information content (AvgIpc) is 2.37. The van der Waals surface area contributed by atoms with Crippen LogP contribution in [0.25, 0.3) is 0 Å². The quantitative estimate of drug-likeness (QED) is 0.763. The van der Waals surface area contributed by atoms with E-state index < -0.39 is 0 Å². The number of aryl methyl sites for hydroxylation is 1. The highest BCUT2D eigenvalue weighted by Gasteiger charge is 2.24. The molecule has 0 radical (unpaired) electrons. The lowest BCUT2D eigenvalue weighted by molar-refractivity contribution is -0.119. The van der Waals surface area contributed by atoms with Gasteiger partial charge in [-0.15, -0.1) is 0 Å². The van der Waals surface area contributed by atoms with Gasteiger partial charge in [-0.1, -0.05) is 43.2 Å². The van der Waals surface area contributed by atoms with Crippen LogP contribution in [0.3, 0.4) is 0 Å². The Hall–Kier alpha value is -1.39. The second-order valence-electron chi connectivity index (χ2n) is 5.50. The number of carbonyl (C=O) groups is 1. The molecule has 0 fully saturated rings. The molecule has 2 atom stereocenters. The normalized spacial score (nSPS) is 14.2. The minimum absolute atomic E-state index is 0.0228. The molecule has 1 aromatic rings. The summed E-state index contributed by atoms with van der Waals surface area (Å²) in [4.78, 5) is 13.4. The summed E-state index contributed by atoms with van der Waals surface area (Å²) in [5.41, 5.74) is 13.9. The number of nitrogens with zero attached hydrogens (tertiary/aromatic N) is 1. The molecule has 1 amide bonds. The second kappa shape index (κ2) is 8.02. The topological polar surface area (TPSA) is 72.3 Å². The summed E-state index contributed by atoms with van der Waals surface area (Å²) < 4.78 is 0. The molecule has 112 valence electrons. The molecule has 0 bridgehead atoms. The van der Waals surface area contributed by atoms with E-state index in [0.29, 0.717) is 0 Å². The molecule has 0 aromatic heterocycles. The van der Waals surface area contributed by atoms with Crippen LogP contribution in [-0.2, 0) is 4.79 Å². The van der Waals surface area contributed by atoms with Gasteiger partial charge < -0.3 is 11.5 Å². The maximum absolute atomic E-state index is 11.3. The predicted octanol–water partition coefficient (Wildman–Crippen LogP) is 1.97. The molecule has 1 rings (SSSR count). The van der Waals surface area contributed by atoms with Gasteiger partial charge >= 0.3 is 0 Å². The molecule has 0 aliphatic rings. The summed E-state index contributed by atoms with van der Waals surface area (Å²) in [6, 6.07) is 8.29.